The monoisotopic (exact) mass is 597 g/mol. The molecule has 13 heteroatoms. The molecule has 6 rings (SSSR count). The van der Waals surface area contributed by atoms with E-state index in [-0.39, 0.29) is 18.2 Å². The van der Waals surface area contributed by atoms with Crippen molar-refractivity contribution in [2.24, 2.45) is 0 Å². The van der Waals surface area contributed by atoms with E-state index >= 15 is 0 Å². The molecule has 1 fully saturated rings. The Hall–Kier alpha value is -3.97. The molecule has 0 bridgehead atoms. The molecule has 220 valence electrons. The molecule has 2 aliphatic heterocycles. The van der Waals surface area contributed by atoms with Gasteiger partial charge in [0.15, 0.2) is 6.23 Å². The van der Waals surface area contributed by atoms with Gasteiger partial charge < -0.3 is 24.4 Å². The van der Waals surface area contributed by atoms with Gasteiger partial charge in [0.1, 0.15) is 36.2 Å². The van der Waals surface area contributed by atoms with Gasteiger partial charge in [-0.1, -0.05) is 11.6 Å². The van der Waals surface area contributed by atoms with E-state index in [0.717, 1.165) is 0 Å². The van der Waals surface area contributed by atoms with Gasteiger partial charge in [0.05, 0.1) is 37.9 Å². The molecule has 0 saturated carbocycles. The number of aliphatic hydroxyl groups excluding tert-OH is 1. The van der Waals surface area contributed by atoms with Crippen molar-refractivity contribution >= 4 is 17.6 Å². The fourth-order valence-corrected chi connectivity index (χ4v) is 5.77. The predicted octanol–water partition coefficient (Wildman–Crippen LogP) is 4.28. The summed E-state index contributed by atoms with van der Waals surface area (Å²) >= 11 is 6.25. The van der Waals surface area contributed by atoms with Crippen molar-refractivity contribution < 1.29 is 33.6 Å². The van der Waals surface area contributed by atoms with Gasteiger partial charge in [-0.15, -0.1) is 0 Å². The summed E-state index contributed by atoms with van der Waals surface area (Å²) in [6.07, 6.45) is 2.07. The molecule has 2 N–H and O–H groups in total. The number of carboxylic acid groups (broad SMARTS) is 1. The highest BCUT2D eigenvalue weighted by Crippen LogP contribution is 2.47. The van der Waals surface area contributed by atoms with Crippen LogP contribution in [0.15, 0.2) is 42.7 Å². The number of hydrogen-bond donors (Lipinski definition) is 2. The fraction of sp³-hybridized carbons (Fsp3) is 0.345. The highest BCUT2D eigenvalue weighted by Gasteiger charge is 2.40. The van der Waals surface area contributed by atoms with Gasteiger partial charge in [0, 0.05) is 51.6 Å². The standard InChI is InChI=1S/C29H29ClFN5O6/c1-29(2)15-41-5-4-35(29)28(39)26-22-14-42-24-10-23(40-3)20(16-11-32-34(12-16)13-25(37)38)9-21(24)27(22)36(33-26)19-7-17(30)6-18(31)8-19/h6-12,28,39H,4-5,13-15H2,1-3H3,(H,37,38). The first-order valence-electron chi connectivity index (χ1n) is 13.3. The number of rotatable bonds is 7. The summed E-state index contributed by atoms with van der Waals surface area (Å²) in [7, 11) is 1.53. The highest BCUT2D eigenvalue weighted by atomic mass is 35.5. The number of carboxylic acids is 1. The summed E-state index contributed by atoms with van der Waals surface area (Å²) in [5.74, 6) is -0.571. The second kappa shape index (κ2) is 10.7. The van der Waals surface area contributed by atoms with Crippen molar-refractivity contribution in [2.45, 2.75) is 38.8 Å². The van der Waals surface area contributed by atoms with Crippen LogP contribution < -0.4 is 9.47 Å². The zero-order chi connectivity index (χ0) is 29.8. The van der Waals surface area contributed by atoms with E-state index in [1.54, 1.807) is 29.2 Å². The van der Waals surface area contributed by atoms with Crippen molar-refractivity contribution in [2.75, 3.05) is 26.9 Å². The van der Waals surface area contributed by atoms with Crippen LogP contribution in [0.3, 0.4) is 0 Å². The topological polar surface area (TPSA) is 124 Å². The molecule has 4 aromatic rings. The first kappa shape index (κ1) is 28.2. The highest BCUT2D eigenvalue weighted by molar-refractivity contribution is 6.30. The number of morpholine rings is 1. The number of nitrogens with zero attached hydrogens (tertiary/aromatic N) is 5. The first-order valence-corrected chi connectivity index (χ1v) is 13.6. The minimum atomic E-state index is -1.10. The number of hydrogen-bond acceptors (Lipinski definition) is 8. The average Bonchev–Trinajstić information content (AvgIpc) is 3.56. The lowest BCUT2D eigenvalue weighted by Gasteiger charge is -2.44. The van der Waals surface area contributed by atoms with Crippen LogP contribution in [0.2, 0.25) is 5.02 Å². The Kier molecular flexibility index (Phi) is 7.17. The van der Waals surface area contributed by atoms with Crippen LogP contribution in [-0.4, -0.2) is 73.1 Å². The summed E-state index contributed by atoms with van der Waals surface area (Å²) in [6.45, 7) is 5.15. The van der Waals surface area contributed by atoms with E-state index < -0.39 is 23.6 Å². The minimum absolute atomic E-state index is 0.0988. The zero-order valence-corrected chi connectivity index (χ0v) is 23.9. The molecule has 42 heavy (non-hydrogen) atoms. The second-order valence-electron chi connectivity index (χ2n) is 10.8. The molecule has 11 nitrogen and oxygen atoms in total. The molecule has 2 aromatic heterocycles. The maximum Gasteiger partial charge on any atom is 0.325 e. The molecule has 1 unspecified atom stereocenters. The molecule has 1 saturated heterocycles. The molecule has 0 amide bonds. The van der Waals surface area contributed by atoms with E-state index in [1.165, 1.54) is 23.9 Å². The van der Waals surface area contributed by atoms with Crippen LogP contribution in [-0.2, 0) is 22.7 Å². The lowest BCUT2D eigenvalue weighted by molar-refractivity contribution is -0.137. The Morgan fingerprint density at radius 2 is 2.05 bits per heavy atom. The van der Waals surface area contributed by atoms with Gasteiger partial charge >= 0.3 is 5.97 Å². The van der Waals surface area contributed by atoms with Gasteiger partial charge in [-0.3, -0.25) is 14.4 Å². The summed E-state index contributed by atoms with van der Waals surface area (Å²) in [4.78, 5) is 13.1. The first-order chi connectivity index (χ1) is 20.1. The van der Waals surface area contributed by atoms with Crippen LogP contribution in [0.25, 0.3) is 28.1 Å². The molecule has 4 heterocycles. The van der Waals surface area contributed by atoms with E-state index in [1.807, 2.05) is 24.8 Å². The van der Waals surface area contributed by atoms with Crippen molar-refractivity contribution in [1.29, 1.82) is 0 Å². The number of aromatic nitrogens is 4. The van der Waals surface area contributed by atoms with Crippen molar-refractivity contribution in [3.63, 3.8) is 0 Å². The lowest BCUT2D eigenvalue weighted by atomic mass is 9.96. The molecule has 0 radical (unpaired) electrons. The van der Waals surface area contributed by atoms with Crippen molar-refractivity contribution in [3.05, 3.63) is 64.8 Å². The fourth-order valence-electron chi connectivity index (χ4n) is 5.55. The number of benzene rings is 2. The van der Waals surface area contributed by atoms with Crippen molar-refractivity contribution in [1.82, 2.24) is 24.5 Å². The number of fused-ring (bicyclic) bond motifs is 3. The quantitative estimate of drug-likeness (QED) is 0.321. The van der Waals surface area contributed by atoms with Gasteiger partial charge in [0.2, 0.25) is 0 Å². The minimum Gasteiger partial charge on any atom is -0.496 e. The second-order valence-corrected chi connectivity index (χ2v) is 11.3. The van der Waals surface area contributed by atoms with Gasteiger partial charge in [-0.25, -0.2) is 9.07 Å². The number of carbonyl (C=O) groups is 1. The smallest absolute Gasteiger partial charge is 0.325 e. The van der Waals surface area contributed by atoms with Crippen molar-refractivity contribution in [3.8, 4) is 39.6 Å². The molecular weight excluding hydrogens is 569 g/mol. The largest absolute Gasteiger partial charge is 0.496 e. The average molecular weight is 598 g/mol. The third-order valence-corrected chi connectivity index (χ3v) is 7.74. The number of ether oxygens (including phenoxy) is 3. The third kappa shape index (κ3) is 5.00. The normalized spacial score (nSPS) is 16.8. The SMILES string of the molecule is COc1cc2c(cc1-c1cnn(CC(=O)O)c1)-c1c(c(C(O)N3CCOCC3(C)C)nn1-c1cc(F)cc(Cl)c1)CO2. The van der Waals surface area contributed by atoms with Crippen LogP contribution in [0, 0.1) is 5.82 Å². The van der Waals surface area contributed by atoms with E-state index in [2.05, 4.69) is 5.10 Å². The predicted molar refractivity (Wildman–Crippen MR) is 150 cm³/mol. The number of aliphatic carboxylic acids is 1. The van der Waals surface area contributed by atoms with Crippen LogP contribution in [0.1, 0.15) is 31.3 Å². The van der Waals surface area contributed by atoms with E-state index in [4.69, 9.17) is 30.9 Å². The Morgan fingerprint density at radius 1 is 1.24 bits per heavy atom. The molecule has 0 aliphatic carbocycles. The maximum atomic E-state index is 14.6. The molecule has 2 aromatic carbocycles. The third-order valence-electron chi connectivity index (χ3n) is 7.53. The molecule has 0 spiro atoms. The number of aliphatic hydroxyl groups is 1. The number of halogens is 2. The summed E-state index contributed by atoms with van der Waals surface area (Å²) < 4.78 is 35.0. The lowest BCUT2D eigenvalue weighted by Crippen LogP contribution is -2.54. The van der Waals surface area contributed by atoms with Crippen LogP contribution in [0.4, 0.5) is 4.39 Å². The summed E-state index contributed by atoms with van der Waals surface area (Å²) in [5.41, 5.74) is 3.37. The summed E-state index contributed by atoms with van der Waals surface area (Å²) in [6, 6.07) is 7.70. The van der Waals surface area contributed by atoms with E-state index in [9.17, 15) is 19.4 Å². The zero-order valence-electron chi connectivity index (χ0n) is 23.2. The van der Waals surface area contributed by atoms with Gasteiger partial charge in [-0.2, -0.15) is 10.2 Å². The van der Waals surface area contributed by atoms with Gasteiger partial charge in [0.25, 0.3) is 0 Å². The maximum absolute atomic E-state index is 14.6. The molecule has 1 atom stereocenters. The molecular formula is C29H29ClFN5O6. The Balaban J connectivity index is 1.55. The Morgan fingerprint density at radius 3 is 2.76 bits per heavy atom. The van der Waals surface area contributed by atoms with Gasteiger partial charge in [-0.05, 0) is 38.1 Å². The van der Waals surface area contributed by atoms with Crippen LogP contribution >= 0.6 is 11.6 Å². The number of methoxy groups -OCH3 is 1. The Labute approximate surface area is 245 Å². The van der Waals surface area contributed by atoms with Crippen LogP contribution in [0.5, 0.6) is 11.5 Å². The molecule has 2 aliphatic rings. The Bertz CT molecular complexity index is 1660. The summed E-state index contributed by atoms with van der Waals surface area (Å²) in [5, 5.41) is 30.1. The van der Waals surface area contributed by atoms with E-state index in [0.29, 0.717) is 70.6 Å².